The van der Waals surface area contributed by atoms with E-state index in [4.69, 9.17) is 4.74 Å². The van der Waals surface area contributed by atoms with Crippen LogP contribution in [0.1, 0.15) is 30.0 Å². The van der Waals surface area contributed by atoms with Gasteiger partial charge in [0.2, 0.25) is 0 Å². The summed E-state index contributed by atoms with van der Waals surface area (Å²) in [6.07, 6.45) is 2.01. The van der Waals surface area contributed by atoms with Gasteiger partial charge in [-0.25, -0.2) is 4.39 Å². The van der Waals surface area contributed by atoms with E-state index in [2.05, 4.69) is 30.4 Å². The molecule has 0 amide bonds. The average molecular weight is 271 g/mol. The molecule has 2 aromatic rings. The number of hydrogen-bond acceptors (Lipinski definition) is 2. The molecule has 0 fully saturated rings. The number of rotatable bonds is 2. The van der Waals surface area contributed by atoms with E-state index in [-0.39, 0.29) is 11.9 Å². The quantitative estimate of drug-likeness (QED) is 0.870. The standard InChI is InChI=1S/C17H18FNO/c1-12-4-2-5-15-16(6-3-11-20-17(12)15)19-14-9-7-13(18)8-10-14/h2,4-5,7-10,16,19H,3,6,11H2,1H3. The fourth-order valence-electron chi connectivity index (χ4n) is 2.66. The Morgan fingerprint density at radius 3 is 2.75 bits per heavy atom. The number of aryl methyl sites for hydroxylation is 1. The molecule has 1 aliphatic heterocycles. The first-order valence-corrected chi connectivity index (χ1v) is 6.98. The van der Waals surface area contributed by atoms with Crippen molar-refractivity contribution in [2.24, 2.45) is 0 Å². The SMILES string of the molecule is Cc1cccc2c1OCCCC2Nc1ccc(F)cc1. The summed E-state index contributed by atoms with van der Waals surface area (Å²) in [6, 6.07) is 12.9. The highest BCUT2D eigenvalue weighted by molar-refractivity contribution is 5.50. The highest BCUT2D eigenvalue weighted by atomic mass is 19.1. The van der Waals surface area contributed by atoms with Gasteiger partial charge in [0.05, 0.1) is 12.6 Å². The van der Waals surface area contributed by atoms with Crippen LogP contribution in [0.3, 0.4) is 0 Å². The number of hydrogen-bond donors (Lipinski definition) is 1. The summed E-state index contributed by atoms with van der Waals surface area (Å²) < 4.78 is 18.8. The number of ether oxygens (including phenoxy) is 1. The van der Waals surface area contributed by atoms with Crippen LogP contribution in [0.4, 0.5) is 10.1 Å². The average Bonchev–Trinajstić information content (AvgIpc) is 2.65. The van der Waals surface area contributed by atoms with Crippen LogP contribution < -0.4 is 10.1 Å². The fourth-order valence-corrected chi connectivity index (χ4v) is 2.66. The molecule has 1 atom stereocenters. The zero-order valence-electron chi connectivity index (χ0n) is 11.5. The van der Waals surface area contributed by atoms with Crippen molar-refractivity contribution >= 4 is 5.69 Å². The molecule has 104 valence electrons. The molecule has 3 rings (SSSR count). The Morgan fingerprint density at radius 2 is 1.95 bits per heavy atom. The molecule has 3 heteroatoms. The molecule has 0 saturated heterocycles. The van der Waals surface area contributed by atoms with Crippen LogP contribution in [0.25, 0.3) is 0 Å². The number of benzene rings is 2. The van der Waals surface area contributed by atoms with Crippen LogP contribution in [0.5, 0.6) is 5.75 Å². The van der Waals surface area contributed by atoms with Gasteiger partial charge in [-0.15, -0.1) is 0 Å². The van der Waals surface area contributed by atoms with E-state index in [0.29, 0.717) is 0 Å². The molecule has 0 saturated carbocycles. The first-order valence-electron chi connectivity index (χ1n) is 6.98. The summed E-state index contributed by atoms with van der Waals surface area (Å²) in [5.41, 5.74) is 3.29. The number of nitrogens with one attached hydrogen (secondary N) is 1. The van der Waals surface area contributed by atoms with Crippen molar-refractivity contribution in [1.29, 1.82) is 0 Å². The molecule has 0 aromatic heterocycles. The van der Waals surface area contributed by atoms with Crippen LogP contribution in [-0.4, -0.2) is 6.61 Å². The molecule has 0 spiro atoms. The summed E-state index contributed by atoms with van der Waals surface area (Å²) in [5, 5.41) is 3.48. The minimum Gasteiger partial charge on any atom is -0.493 e. The number of anilines is 1. The maximum atomic E-state index is 13.0. The highest BCUT2D eigenvalue weighted by Crippen LogP contribution is 2.35. The van der Waals surface area contributed by atoms with Crippen molar-refractivity contribution < 1.29 is 9.13 Å². The zero-order chi connectivity index (χ0) is 13.9. The summed E-state index contributed by atoms with van der Waals surface area (Å²) in [6.45, 7) is 2.82. The van der Waals surface area contributed by atoms with Crippen molar-refractivity contribution in [2.75, 3.05) is 11.9 Å². The van der Waals surface area contributed by atoms with Gasteiger partial charge < -0.3 is 10.1 Å². The molecular formula is C17H18FNO. The van der Waals surface area contributed by atoms with Crippen molar-refractivity contribution in [1.82, 2.24) is 0 Å². The second kappa shape index (κ2) is 5.53. The predicted molar refractivity (Wildman–Crippen MR) is 78.7 cm³/mol. The molecule has 0 aliphatic carbocycles. The Kier molecular flexibility index (Phi) is 3.59. The first-order chi connectivity index (χ1) is 9.74. The van der Waals surface area contributed by atoms with E-state index in [9.17, 15) is 4.39 Å². The second-order valence-electron chi connectivity index (χ2n) is 5.19. The molecular weight excluding hydrogens is 253 g/mol. The number of halogens is 1. The third kappa shape index (κ3) is 2.62. The number of para-hydroxylation sites is 1. The Bertz CT molecular complexity index is 594. The highest BCUT2D eigenvalue weighted by Gasteiger charge is 2.20. The Morgan fingerprint density at radius 1 is 1.15 bits per heavy atom. The van der Waals surface area contributed by atoms with Crippen LogP contribution in [-0.2, 0) is 0 Å². The second-order valence-corrected chi connectivity index (χ2v) is 5.19. The molecule has 1 unspecified atom stereocenters. The monoisotopic (exact) mass is 271 g/mol. The fraction of sp³-hybridized carbons (Fsp3) is 0.294. The van der Waals surface area contributed by atoms with E-state index >= 15 is 0 Å². The van der Waals surface area contributed by atoms with E-state index in [1.165, 1.54) is 17.7 Å². The molecule has 2 nitrogen and oxygen atoms in total. The van der Waals surface area contributed by atoms with Crippen molar-refractivity contribution in [3.8, 4) is 5.75 Å². The molecule has 20 heavy (non-hydrogen) atoms. The molecule has 0 bridgehead atoms. The third-order valence-corrected chi connectivity index (χ3v) is 3.69. The van der Waals surface area contributed by atoms with Gasteiger partial charge in [-0.3, -0.25) is 0 Å². The molecule has 0 radical (unpaired) electrons. The lowest BCUT2D eigenvalue weighted by Crippen LogP contribution is -2.10. The van der Waals surface area contributed by atoms with Gasteiger partial charge in [0.15, 0.2) is 0 Å². The van der Waals surface area contributed by atoms with Gasteiger partial charge in [-0.1, -0.05) is 18.2 Å². The van der Waals surface area contributed by atoms with Crippen LogP contribution >= 0.6 is 0 Å². The van der Waals surface area contributed by atoms with Gasteiger partial charge in [0.25, 0.3) is 0 Å². The zero-order valence-corrected chi connectivity index (χ0v) is 11.5. The van der Waals surface area contributed by atoms with Gasteiger partial charge in [-0.2, -0.15) is 0 Å². The lowest BCUT2D eigenvalue weighted by Gasteiger charge is -2.20. The van der Waals surface area contributed by atoms with Crippen LogP contribution in [0.2, 0.25) is 0 Å². The number of fused-ring (bicyclic) bond motifs is 1. The third-order valence-electron chi connectivity index (χ3n) is 3.69. The normalized spacial score (nSPS) is 17.8. The molecule has 1 aliphatic rings. The largest absolute Gasteiger partial charge is 0.493 e. The van der Waals surface area contributed by atoms with E-state index < -0.39 is 0 Å². The maximum absolute atomic E-state index is 13.0. The van der Waals surface area contributed by atoms with Gasteiger partial charge >= 0.3 is 0 Å². The van der Waals surface area contributed by atoms with E-state index in [1.54, 1.807) is 12.1 Å². The van der Waals surface area contributed by atoms with Crippen molar-refractivity contribution in [2.45, 2.75) is 25.8 Å². The summed E-state index contributed by atoms with van der Waals surface area (Å²) >= 11 is 0. The summed E-state index contributed by atoms with van der Waals surface area (Å²) in [5.74, 6) is 0.778. The van der Waals surface area contributed by atoms with E-state index in [1.807, 2.05) is 0 Å². The lowest BCUT2D eigenvalue weighted by molar-refractivity contribution is 0.314. The summed E-state index contributed by atoms with van der Waals surface area (Å²) in [7, 11) is 0. The Hall–Kier alpha value is -2.03. The molecule has 2 aromatic carbocycles. The smallest absolute Gasteiger partial charge is 0.127 e. The van der Waals surface area contributed by atoms with Gasteiger partial charge in [-0.05, 0) is 49.6 Å². The minimum atomic E-state index is -0.212. The van der Waals surface area contributed by atoms with E-state index in [0.717, 1.165) is 36.4 Å². The minimum absolute atomic E-state index is 0.206. The molecule has 1 heterocycles. The Balaban J connectivity index is 1.90. The van der Waals surface area contributed by atoms with Crippen LogP contribution in [0.15, 0.2) is 42.5 Å². The Labute approximate surface area is 118 Å². The summed E-state index contributed by atoms with van der Waals surface area (Å²) in [4.78, 5) is 0. The first kappa shape index (κ1) is 13.0. The maximum Gasteiger partial charge on any atom is 0.127 e. The topological polar surface area (TPSA) is 21.3 Å². The predicted octanol–water partition coefficient (Wildman–Crippen LogP) is 4.46. The van der Waals surface area contributed by atoms with Crippen molar-refractivity contribution in [3.05, 3.63) is 59.4 Å². The molecule has 1 N–H and O–H groups in total. The van der Waals surface area contributed by atoms with Gasteiger partial charge in [0, 0.05) is 11.3 Å². The van der Waals surface area contributed by atoms with Gasteiger partial charge in [0.1, 0.15) is 11.6 Å². The lowest BCUT2D eigenvalue weighted by atomic mass is 9.99. The van der Waals surface area contributed by atoms with Crippen LogP contribution in [0, 0.1) is 12.7 Å². The van der Waals surface area contributed by atoms with Crippen molar-refractivity contribution in [3.63, 3.8) is 0 Å².